The van der Waals surface area contributed by atoms with Crippen LogP contribution in [0.3, 0.4) is 0 Å². The van der Waals surface area contributed by atoms with Gasteiger partial charge in [0.1, 0.15) is 5.75 Å². The number of hydrogen-bond donors (Lipinski definition) is 1. The van der Waals surface area contributed by atoms with Crippen LogP contribution in [-0.2, 0) is 13.2 Å². The largest absolute Gasteiger partial charge is 0.493 e. The molecule has 0 bridgehead atoms. The highest BCUT2D eigenvalue weighted by Gasteiger charge is 2.30. The number of carbonyl (C=O) groups is 1. The van der Waals surface area contributed by atoms with Crippen LogP contribution in [0.4, 0.5) is 18.9 Å². The summed E-state index contributed by atoms with van der Waals surface area (Å²) in [4.78, 5) is 15.1. The van der Waals surface area contributed by atoms with Gasteiger partial charge in [-0.05, 0) is 80.9 Å². The number of halogens is 3. The molecule has 0 radical (unpaired) electrons. The van der Waals surface area contributed by atoms with Gasteiger partial charge in [-0.1, -0.05) is 0 Å². The van der Waals surface area contributed by atoms with Crippen LogP contribution in [0.2, 0.25) is 0 Å². The van der Waals surface area contributed by atoms with E-state index in [1.807, 2.05) is 13.1 Å². The summed E-state index contributed by atoms with van der Waals surface area (Å²) in [6.07, 6.45) is 0.658. The fraction of sp³-hybridized carbons (Fsp3) is 0.360. The van der Waals surface area contributed by atoms with Crippen LogP contribution >= 0.6 is 0 Å². The van der Waals surface area contributed by atoms with Crippen molar-refractivity contribution in [1.29, 1.82) is 0 Å². The molecule has 2 aromatic carbocycles. The fourth-order valence-electron chi connectivity index (χ4n) is 4.06. The number of hydrogen-bond acceptors (Lipinski definition) is 4. The number of ether oxygens (including phenoxy) is 1. The number of aromatic nitrogens is 2. The average molecular weight is 473 g/mol. The average Bonchev–Trinajstić information content (AvgIpc) is 3.48. The summed E-state index contributed by atoms with van der Waals surface area (Å²) >= 11 is 0. The molecule has 6 nitrogen and oxygen atoms in total. The molecule has 0 spiro atoms. The van der Waals surface area contributed by atoms with Gasteiger partial charge < -0.3 is 15.0 Å². The Morgan fingerprint density at radius 3 is 2.47 bits per heavy atom. The first-order valence-corrected chi connectivity index (χ1v) is 11.3. The van der Waals surface area contributed by atoms with Crippen molar-refractivity contribution in [1.82, 2.24) is 14.7 Å². The second-order valence-corrected chi connectivity index (χ2v) is 8.33. The third-order valence-corrected chi connectivity index (χ3v) is 5.88. The Bertz CT molecular complexity index is 1120. The number of nitrogens with one attached hydrogen (secondary N) is 1. The molecule has 0 aliphatic carbocycles. The minimum atomic E-state index is -4.45. The van der Waals surface area contributed by atoms with Crippen molar-refractivity contribution in [2.24, 2.45) is 7.05 Å². The third kappa shape index (κ3) is 5.77. The van der Waals surface area contributed by atoms with Crippen LogP contribution in [0, 0.1) is 0 Å². The van der Waals surface area contributed by atoms with E-state index >= 15 is 0 Å². The number of aryl methyl sites for hydroxylation is 1. The van der Waals surface area contributed by atoms with E-state index in [0.29, 0.717) is 18.0 Å². The van der Waals surface area contributed by atoms with Crippen LogP contribution < -0.4 is 10.1 Å². The molecule has 4 rings (SSSR count). The maximum absolute atomic E-state index is 12.8. The lowest BCUT2D eigenvalue weighted by Gasteiger charge is -2.17. The standard InChI is InChI=1S/C25H27F3N4O2/c1-31-22(11-12-29-31)21-17-20(9-10-23(21)34-16-4-15-32-13-2-3-14-32)30-24(33)18-5-7-19(8-6-18)25(26,27)28/h5-12,17H,2-4,13-16H2,1H3,(H,30,33). The normalized spacial score (nSPS) is 14.4. The lowest BCUT2D eigenvalue weighted by Crippen LogP contribution is -2.22. The SMILES string of the molecule is Cn1nccc1-c1cc(NC(=O)c2ccc(C(F)(F)F)cc2)ccc1OCCCN1CCCC1. The summed E-state index contributed by atoms with van der Waals surface area (Å²) in [5.41, 5.74) is 1.43. The first kappa shape index (κ1) is 23.8. The van der Waals surface area contributed by atoms with Crippen LogP contribution in [0.25, 0.3) is 11.3 Å². The van der Waals surface area contributed by atoms with Crippen LogP contribution in [0.5, 0.6) is 5.75 Å². The van der Waals surface area contributed by atoms with E-state index in [1.165, 1.54) is 12.8 Å². The highest BCUT2D eigenvalue weighted by molar-refractivity contribution is 6.04. The number of rotatable bonds is 8. The molecule has 1 saturated heterocycles. The molecule has 3 aromatic rings. The van der Waals surface area contributed by atoms with Crippen molar-refractivity contribution in [2.75, 3.05) is 31.6 Å². The Morgan fingerprint density at radius 2 is 1.82 bits per heavy atom. The minimum Gasteiger partial charge on any atom is -0.493 e. The quantitative estimate of drug-likeness (QED) is 0.457. The first-order valence-electron chi connectivity index (χ1n) is 11.3. The van der Waals surface area contributed by atoms with Gasteiger partial charge in [-0.3, -0.25) is 9.48 Å². The highest BCUT2D eigenvalue weighted by Crippen LogP contribution is 2.33. The predicted octanol–water partition coefficient (Wildman–Crippen LogP) is 5.22. The summed E-state index contributed by atoms with van der Waals surface area (Å²) in [5, 5.41) is 6.98. The summed E-state index contributed by atoms with van der Waals surface area (Å²) in [6.45, 7) is 3.86. The summed E-state index contributed by atoms with van der Waals surface area (Å²) < 4.78 is 46.1. The molecule has 34 heavy (non-hydrogen) atoms. The Balaban J connectivity index is 1.47. The van der Waals surface area contributed by atoms with Crippen molar-refractivity contribution in [2.45, 2.75) is 25.4 Å². The van der Waals surface area contributed by atoms with Gasteiger partial charge in [-0.2, -0.15) is 18.3 Å². The minimum absolute atomic E-state index is 0.136. The Kier molecular flexibility index (Phi) is 7.21. The molecule has 180 valence electrons. The second-order valence-electron chi connectivity index (χ2n) is 8.33. The molecule has 2 heterocycles. The maximum Gasteiger partial charge on any atom is 0.416 e. The molecule has 1 N–H and O–H groups in total. The second kappa shape index (κ2) is 10.3. The molecule has 1 aromatic heterocycles. The molecule has 1 fully saturated rings. The summed E-state index contributed by atoms with van der Waals surface area (Å²) in [5.74, 6) is 0.182. The van der Waals surface area contributed by atoms with Gasteiger partial charge in [-0.25, -0.2) is 0 Å². The monoisotopic (exact) mass is 472 g/mol. The number of amides is 1. The van der Waals surface area contributed by atoms with Crippen molar-refractivity contribution >= 4 is 11.6 Å². The molecule has 0 atom stereocenters. The molecule has 1 aliphatic rings. The van der Waals surface area contributed by atoms with Crippen LogP contribution in [0.1, 0.15) is 35.2 Å². The summed E-state index contributed by atoms with van der Waals surface area (Å²) in [7, 11) is 1.82. The van der Waals surface area contributed by atoms with Gasteiger partial charge in [0.15, 0.2) is 0 Å². The number of alkyl halides is 3. The molecule has 1 aliphatic heterocycles. The van der Waals surface area contributed by atoms with Gasteiger partial charge in [0.25, 0.3) is 5.91 Å². The van der Waals surface area contributed by atoms with Crippen molar-refractivity contribution in [3.63, 3.8) is 0 Å². The molecule has 0 unspecified atom stereocenters. The van der Waals surface area contributed by atoms with Crippen molar-refractivity contribution in [3.8, 4) is 17.0 Å². The number of benzene rings is 2. The summed E-state index contributed by atoms with van der Waals surface area (Å²) in [6, 6.07) is 11.3. The zero-order valence-electron chi connectivity index (χ0n) is 18.9. The van der Waals surface area contributed by atoms with Crippen molar-refractivity contribution in [3.05, 3.63) is 65.9 Å². The Morgan fingerprint density at radius 1 is 1.09 bits per heavy atom. The highest BCUT2D eigenvalue weighted by atomic mass is 19.4. The molecule has 0 saturated carbocycles. The molecular weight excluding hydrogens is 445 g/mol. The topological polar surface area (TPSA) is 59.4 Å². The predicted molar refractivity (Wildman–Crippen MR) is 124 cm³/mol. The van der Waals surface area contributed by atoms with E-state index < -0.39 is 17.6 Å². The van der Waals surface area contributed by atoms with Crippen molar-refractivity contribution < 1.29 is 22.7 Å². The molecule has 9 heteroatoms. The Hall–Kier alpha value is -3.33. The van der Waals surface area contributed by atoms with Gasteiger partial charge in [0.05, 0.1) is 17.9 Å². The lowest BCUT2D eigenvalue weighted by molar-refractivity contribution is -0.137. The van der Waals surface area contributed by atoms with Crippen LogP contribution in [0.15, 0.2) is 54.7 Å². The number of carbonyl (C=O) groups excluding carboxylic acids is 1. The van der Waals surface area contributed by atoms with Crippen LogP contribution in [-0.4, -0.2) is 46.8 Å². The molecule has 1 amide bonds. The van der Waals surface area contributed by atoms with E-state index in [0.717, 1.165) is 61.6 Å². The van der Waals surface area contributed by atoms with E-state index in [1.54, 1.807) is 29.1 Å². The first-order chi connectivity index (χ1) is 16.3. The number of anilines is 1. The van der Waals surface area contributed by atoms with E-state index in [9.17, 15) is 18.0 Å². The van der Waals surface area contributed by atoms with E-state index in [-0.39, 0.29) is 5.56 Å². The number of nitrogens with zero attached hydrogens (tertiary/aromatic N) is 3. The van der Waals surface area contributed by atoms with E-state index in [4.69, 9.17) is 4.74 Å². The smallest absolute Gasteiger partial charge is 0.416 e. The van der Waals surface area contributed by atoms with Gasteiger partial charge >= 0.3 is 6.18 Å². The van der Waals surface area contributed by atoms with E-state index in [2.05, 4.69) is 15.3 Å². The Labute approximate surface area is 196 Å². The third-order valence-electron chi connectivity index (χ3n) is 5.88. The fourth-order valence-corrected chi connectivity index (χ4v) is 4.06. The zero-order valence-corrected chi connectivity index (χ0v) is 18.9. The van der Waals surface area contributed by atoms with Gasteiger partial charge in [-0.15, -0.1) is 0 Å². The maximum atomic E-state index is 12.8. The van der Waals surface area contributed by atoms with Gasteiger partial charge in [0, 0.05) is 36.6 Å². The lowest BCUT2D eigenvalue weighted by atomic mass is 10.1. The molecular formula is C25H27F3N4O2. The van der Waals surface area contributed by atoms with Gasteiger partial charge in [0.2, 0.25) is 0 Å². The number of likely N-dealkylation sites (tertiary alicyclic amines) is 1. The zero-order chi connectivity index (χ0) is 24.1.